The molecule has 0 aliphatic carbocycles. The van der Waals surface area contributed by atoms with E-state index in [-0.39, 0.29) is 12.1 Å². The average molecular weight is 368 g/mol. The minimum absolute atomic E-state index is 0.185. The molecule has 2 nitrogen and oxygen atoms in total. The van der Waals surface area contributed by atoms with E-state index in [9.17, 15) is 4.79 Å². The van der Waals surface area contributed by atoms with Crippen molar-refractivity contribution in [1.29, 1.82) is 0 Å². The topological polar surface area (TPSA) is 26.3 Å². The second-order valence-electron chi connectivity index (χ2n) is 7.25. The second-order valence-corrected chi connectivity index (χ2v) is 7.25. The third kappa shape index (κ3) is 3.38. The number of cyclic esters (lactones) is 1. The van der Waals surface area contributed by atoms with Crippen LogP contribution in [0.4, 0.5) is 0 Å². The van der Waals surface area contributed by atoms with Gasteiger partial charge in [0.05, 0.1) is 0 Å². The zero-order valence-corrected chi connectivity index (χ0v) is 16.2. The minimum atomic E-state index is -0.347. The Hall–Kier alpha value is -3.13. The number of rotatable bonds is 6. The molecule has 2 heteroatoms. The molecule has 0 spiro atoms. The Morgan fingerprint density at radius 3 is 2.46 bits per heavy atom. The van der Waals surface area contributed by atoms with Crippen LogP contribution in [0.3, 0.4) is 0 Å². The van der Waals surface area contributed by atoms with E-state index >= 15 is 0 Å². The number of hydrogen-bond donors (Lipinski definition) is 0. The van der Waals surface area contributed by atoms with Crippen LogP contribution in [0.5, 0.6) is 0 Å². The van der Waals surface area contributed by atoms with Gasteiger partial charge in [-0.15, -0.1) is 0 Å². The summed E-state index contributed by atoms with van der Waals surface area (Å²) in [6.07, 6.45) is 1.94. The van der Waals surface area contributed by atoms with E-state index in [4.69, 9.17) is 4.74 Å². The van der Waals surface area contributed by atoms with E-state index in [1.807, 2.05) is 36.4 Å². The van der Waals surface area contributed by atoms with Crippen molar-refractivity contribution >= 4 is 22.3 Å². The number of hydrogen-bond acceptors (Lipinski definition) is 2. The monoisotopic (exact) mass is 368 g/mol. The van der Waals surface area contributed by atoms with Crippen LogP contribution in [0.1, 0.15) is 43.4 Å². The van der Waals surface area contributed by atoms with Gasteiger partial charge in [-0.3, -0.25) is 0 Å². The summed E-state index contributed by atoms with van der Waals surface area (Å²) in [5.74, 6) is -0.185. The van der Waals surface area contributed by atoms with E-state index in [1.165, 1.54) is 0 Å². The summed E-state index contributed by atoms with van der Waals surface area (Å²) in [5.41, 5.74) is 5.03. The Morgan fingerprint density at radius 1 is 0.964 bits per heavy atom. The molecule has 0 saturated heterocycles. The molecule has 0 amide bonds. The van der Waals surface area contributed by atoms with E-state index in [1.54, 1.807) is 0 Å². The van der Waals surface area contributed by atoms with Gasteiger partial charge in [0.2, 0.25) is 0 Å². The van der Waals surface area contributed by atoms with Gasteiger partial charge in [0.1, 0.15) is 0 Å². The van der Waals surface area contributed by atoms with Gasteiger partial charge in [-0.2, -0.15) is 0 Å². The maximum absolute atomic E-state index is 12.7. The summed E-state index contributed by atoms with van der Waals surface area (Å²) >= 11 is 0. The molecule has 0 fully saturated rings. The van der Waals surface area contributed by atoms with Crippen molar-refractivity contribution in [3.8, 4) is 0 Å². The van der Waals surface area contributed by atoms with Crippen LogP contribution in [0.15, 0.2) is 90.5 Å². The number of carbonyl (C=O) groups is 1. The van der Waals surface area contributed by atoms with Crippen molar-refractivity contribution in [3.63, 3.8) is 0 Å². The summed E-state index contributed by atoms with van der Waals surface area (Å²) in [7, 11) is 0. The van der Waals surface area contributed by atoms with Crippen molar-refractivity contribution in [1.82, 2.24) is 0 Å². The summed E-state index contributed by atoms with van der Waals surface area (Å²) in [5, 5.41) is 2.28. The summed E-state index contributed by atoms with van der Waals surface area (Å²) in [6, 6.07) is 24.6. The van der Waals surface area contributed by atoms with Crippen molar-refractivity contribution in [3.05, 3.63) is 102 Å². The highest BCUT2D eigenvalue weighted by molar-refractivity contribution is 5.95. The number of ether oxygens (including phenoxy) is 1. The van der Waals surface area contributed by atoms with Crippen LogP contribution in [0.25, 0.3) is 16.3 Å². The van der Waals surface area contributed by atoms with Crippen molar-refractivity contribution in [2.75, 3.05) is 0 Å². The molecule has 1 aliphatic heterocycles. The maximum Gasteiger partial charge on any atom is 0.335 e. The fourth-order valence-corrected chi connectivity index (χ4v) is 3.99. The Bertz CT molecular complexity index is 1050. The molecular weight excluding hydrogens is 344 g/mol. The third-order valence-corrected chi connectivity index (χ3v) is 5.37. The van der Waals surface area contributed by atoms with Crippen molar-refractivity contribution < 1.29 is 9.53 Å². The van der Waals surface area contributed by atoms with Crippen LogP contribution >= 0.6 is 0 Å². The van der Waals surface area contributed by atoms with Gasteiger partial charge < -0.3 is 4.74 Å². The number of carbonyl (C=O) groups excluding carboxylic acids is 1. The lowest BCUT2D eigenvalue weighted by Gasteiger charge is -2.18. The Balaban J connectivity index is 1.78. The van der Waals surface area contributed by atoms with Crippen LogP contribution in [0, 0.1) is 0 Å². The minimum Gasteiger partial charge on any atom is -0.449 e. The molecular formula is C26H24O2. The van der Waals surface area contributed by atoms with Gasteiger partial charge in [0, 0.05) is 11.1 Å². The Kier molecular flexibility index (Phi) is 5.12. The number of allylic oxidation sites excluding steroid dienone is 1. The zero-order valence-electron chi connectivity index (χ0n) is 16.2. The standard InChI is InChI=1S/C26H24O2/c1-3-10-23-24(17-18(2)19-11-5-4-6-12-19)25(28-26(23)27)22-16-9-14-20-13-7-8-15-21(20)22/h4-9,11-16,25H,2-3,10,17H2,1H3. The first kappa shape index (κ1) is 18.2. The molecule has 3 aromatic rings. The van der Waals surface area contributed by atoms with Gasteiger partial charge in [-0.25, -0.2) is 4.79 Å². The quantitative estimate of drug-likeness (QED) is 0.456. The van der Waals surface area contributed by atoms with Crippen LogP contribution < -0.4 is 0 Å². The molecule has 0 bridgehead atoms. The van der Waals surface area contributed by atoms with E-state index in [0.717, 1.165) is 51.5 Å². The first-order valence-corrected chi connectivity index (χ1v) is 9.82. The first-order chi connectivity index (χ1) is 13.7. The lowest BCUT2D eigenvalue weighted by atomic mass is 9.88. The number of esters is 1. The highest BCUT2D eigenvalue weighted by Gasteiger charge is 2.35. The zero-order chi connectivity index (χ0) is 19.5. The van der Waals surface area contributed by atoms with Crippen LogP contribution in [-0.4, -0.2) is 5.97 Å². The average Bonchev–Trinajstić information content (AvgIpc) is 3.04. The van der Waals surface area contributed by atoms with Gasteiger partial charge >= 0.3 is 5.97 Å². The molecule has 3 aromatic carbocycles. The van der Waals surface area contributed by atoms with E-state index < -0.39 is 0 Å². The van der Waals surface area contributed by atoms with Crippen molar-refractivity contribution in [2.45, 2.75) is 32.3 Å². The highest BCUT2D eigenvalue weighted by atomic mass is 16.5. The molecule has 0 saturated carbocycles. The summed E-state index contributed by atoms with van der Waals surface area (Å²) < 4.78 is 5.92. The van der Waals surface area contributed by atoms with Gasteiger partial charge in [0.25, 0.3) is 0 Å². The number of benzene rings is 3. The predicted octanol–water partition coefficient (Wildman–Crippen LogP) is 6.64. The fourth-order valence-electron chi connectivity index (χ4n) is 3.99. The van der Waals surface area contributed by atoms with E-state index in [2.05, 4.69) is 49.9 Å². The molecule has 1 heterocycles. The van der Waals surface area contributed by atoms with E-state index in [0.29, 0.717) is 6.42 Å². The van der Waals surface area contributed by atoms with Crippen LogP contribution in [0.2, 0.25) is 0 Å². The molecule has 28 heavy (non-hydrogen) atoms. The van der Waals surface area contributed by atoms with Crippen LogP contribution in [-0.2, 0) is 9.53 Å². The molecule has 1 unspecified atom stereocenters. The first-order valence-electron chi connectivity index (χ1n) is 9.82. The molecule has 4 rings (SSSR count). The largest absolute Gasteiger partial charge is 0.449 e. The molecule has 1 aliphatic rings. The lowest BCUT2D eigenvalue weighted by molar-refractivity contribution is -0.140. The van der Waals surface area contributed by atoms with Crippen molar-refractivity contribution in [2.24, 2.45) is 0 Å². The molecule has 1 atom stereocenters. The predicted molar refractivity (Wildman–Crippen MR) is 115 cm³/mol. The smallest absolute Gasteiger partial charge is 0.335 e. The molecule has 0 aromatic heterocycles. The number of fused-ring (bicyclic) bond motifs is 1. The maximum atomic E-state index is 12.7. The van der Waals surface area contributed by atoms with Gasteiger partial charge in [-0.05, 0) is 40.3 Å². The third-order valence-electron chi connectivity index (χ3n) is 5.37. The Morgan fingerprint density at radius 2 is 1.68 bits per heavy atom. The molecule has 0 radical (unpaired) electrons. The summed E-state index contributed by atoms with van der Waals surface area (Å²) in [6.45, 7) is 6.39. The fraction of sp³-hybridized carbons (Fsp3) is 0.192. The lowest BCUT2D eigenvalue weighted by Crippen LogP contribution is -2.04. The Labute approximate surface area is 166 Å². The highest BCUT2D eigenvalue weighted by Crippen LogP contribution is 2.43. The molecule has 0 N–H and O–H groups in total. The van der Waals surface area contributed by atoms with Gasteiger partial charge in [0.15, 0.2) is 6.10 Å². The summed E-state index contributed by atoms with van der Waals surface area (Å²) in [4.78, 5) is 12.7. The SMILES string of the molecule is C=C(CC1=C(CCC)C(=O)OC1c1cccc2ccccc12)c1ccccc1. The molecule has 140 valence electrons. The van der Waals surface area contributed by atoms with Gasteiger partial charge in [-0.1, -0.05) is 92.7 Å². The second kappa shape index (κ2) is 7.85. The normalized spacial score (nSPS) is 16.5.